The van der Waals surface area contributed by atoms with Crippen LogP contribution in [0.2, 0.25) is 10.0 Å². The zero-order chi connectivity index (χ0) is 14.3. The van der Waals surface area contributed by atoms with E-state index in [4.69, 9.17) is 28.3 Å². The number of aliphatic hydroxyl groups is 2. The van der Waals surface area contributed by atoms with Crippen LogP contribution in [-0.4, -0.2) is 27.5 Å². The van der Waals surface area contributed by atoms with E-state index in [1.165, 1.54) is 0 Å². The van der Waals surface area contributed by atoms with Gasteiger partial charge < -0.3 is 14.8 Å². The van der Waals surface area contributed by atoms with Crippen LogP contribution in [0.1, 0.15) is 0 Å². The number of hydrogen-bond acceptors (Lipinski definition) is 2. The van der Waals surface area contributed by atoms with E-state index in [1.54, 1.807) is 0 Å². The summed E-state index contributed by atoms with van der Waals surface area (Å²) in [4.78, 5) is 0. The molecular formula is C15H13Cl2NO2. The molecule has 0 amide bonds. The zero-order valence-corrected chi connectivity index (χ0v) is 12.1. The quantitative estimate of drug-likeness (QED) is 0.778. The Morgan fingerprint density at radius 2 is 1.45 bits per heavy atom. The van der Waals surface area contributed by atoms with E-state index in [0.29, 0.717) is 16.6 Å². The lowest BCUT2D eigenvalue weighted by Gasteiger charge is -2.11. The maximum absolute atomic E-state index is 9.73. The van der Waals surface area contributed by atoms with Crippen molar-refractivity contribution in [3.05, 3.63) is 46.4 Å². The molecule has 0 fully saturated rings. The van der Waals surface area contributed by atoms with Gasteiger partial charge in [0.15, 0.2) is 0 Å². The van der Waals surface area contributed by atoms with Crippen LogP contribution >= 0.6 is 23.2 Å². The molecule has 0 aliphatic rings. The third kappa shape index (κ3) is 2.27. The van der Waals surface area contributed by atoms with Gasteiger partial charge in [-0.15, -0.1) is 0 Å². The molecule has 0 aliphatic carbocycles. The van der Waals surface area contributed by atoms with Gasteiger partial charge in [-0.3, -0.25) is 0 Å². The summed E-state index contributed by atoms with van der Waals surface area (Å²) in [6.07, 6.45) is -0.805. The van der Waals surface area contributed by atoms with Crippen LogP contribution in [-0.2, 0) is 6.54 Å². The van der Waals surface area contributed by atoms with E-state index in [0.717, 1.165) is 21.8 Å². The van der Waals surface area contributed by atoms with Gasteiger partial charge in [0, 0.05) is 31.9 Å². The van der Waals surface area contributed by atoms with Gasteiger partial charge in [0.05, 0.1) is 19.3 Å². The van der Waals surface area contributed by atoms with Crippen LogP contribution in [0.25, 0.3) is 21.8 Å². The molecule has 1 atom stereocenters. The largest absolute Gasteiger partial charge is 0.394 e. The average Bonchev–Trinajstić information content (AvgIpc) is 2.72. The molecule has 104 valence electrons. The first-order chi connectivity index (χ1) is 9.60. The molecule has 5 heteroatoms. The normalized spacial score (nSPS) is 13.2. The molecule has 0 saturated carbocycles. The summed E-state index contributed by atoms with van der Waals surface area (Å²) in [5.74, 6) is 0. The Labute approximate surface area is 126 Å². The predicted molar refractivity (Wildman–Crippen MR) is 82.6 cm³/mol. The summed E-state index contributed by atoms with van der Waals surface area (Å²) in [6.45, 7) is 0.0438. The molecule has 0 saturated heterocycles. The first-order valence-electron chi connectivity index (χ1n) is 6.26. The lowest BCUT2D eigenvalue weighted by atomic mass is 10.1. The van der Waals surface area contributed by atoms with Gasteiger partial charge in [-0.25, -0.2) is 0 Å². The van der Waals surface area contributed by atoms with Gasteiger partial charge in [0.25, 0.3) is 0 Å². The van der Waals surface area contributed by atoms with Gasteiger partial charge in [-0.2, -0.15) is 0 Å². The summed E-state index contributed by atoms with van der Waals surface area (Å²) in [5.41, 5.74) is 1.92. The maximum Gasteiger partial charge on any atom is 0.0949 e. The Kier molecular flexibility index (Phi) is 3.61. The Bertz CT molecular complexity index is 723. The second-order valence-electron chi connectivity index (χ2n) is 4.77. The highest BCUT2D eigenvalue weighted by Gasteiger charge is 2.14. The van der Waals surface area contributed by atoms with Crippen molar-refractivity contribution in [2.75, 3.05) is 6.61 Å². The van der Waals surface area contributed by atoms with Gasteiger partial charge >= 0.3 is 0 Å². The molecule has 0 spiro atoms. The fourth-order valence-corrected chi connectivity index (χ4v) is 2.86. The molecule has 1 aromatic heterocycles. The van der Waals surface area contributed by atoms with Crippen LogP contribution < -0.4 is 0 Å². The van der Waals surface area contributed by atoms with Crippen molar-refractivity contribution < 1.29 is 10.2 Å². The van der Waals surface area contributed by atoms with Gasteiger partial charge in [0.1, 0.15) is 0 Å². The van der Waals surface area contributed by atoms with E-state index < -0.39 is 6.10 Å². The molecule has 2 N–H and O–H groups in total. The lowest BCUT2D eigenvalue weighted by molar-refractivity contribution is 0.0831. The minimum absolute atomic E-state index is 0.275. The Morgan fingerprint density at radius 1 is 0.950 bits per heavy atom. The smallest absolute Gasteiger partial charge is 0.0949 e. The van der Waals surface area contributed by atoms with Crippen molar-refractivity contribution in [2.45, 2.75) is 12.6 Å². The molecule has 3 aromatic rings. The van der Waals surface area contributed by atoms with E-state index in [1.807, 2.05) is 41.0 Å². The van der Waals surface area contributed by atoms with Crippen LogP contribution in [0.4, 0.5) is 0 Å². The van der Waals surface area contributed by atoms with Crippen LogP contribution in [0.15, 0.2) is 36.4 Å². The number of fused-ring (bicyclic) bond motifs is 3. The molecule has 20 heavy (non-hydrogen) atoms. The second-order valence-corrected chi connectivity index (χ2v) is 5.64. The van der Waals surface area contributed by atoms with E-state index in [2.05, 4.69) is 0 Å². The first-order valence-corrected chi connectivity index (χ1v) is 7.01. The van der Waals surface area contributed by atoms with Crippen molar-refractivity contribution in [1.29, 1.82) is 0 Å². The van der Waals surface area contributed by atoms with Crippen molar-refractivity contribution in [2.24, 2.45) is 0 Å². The monoisotopic (exact) mass is 309 g/mol. The highest BCUT2D eigenvalue weighted by Crippen LogP contribution is 2.32. The SMILES string of the molecule is OCC(O)Cn1c2ccc(Cl)cc2c2cc(Cl)ccc21. The van der Waals surface area contributed by atoms with Gasteiger partial charge in [-0.1, -0.05) is 23.2 Å². The molecule has 3 rings (SSSR count). The zero-order valence-electron chi connectivity index (χ0n) is 10.6. The molecule has 0 aliphatic heterocycles. The first kappa shape index (κ1) is 13.7. The summed E-state index contributed by atoms with van der Waals surface area (Å²) >= 11 is 12.1. The number of nitrogens with zero attached hydrogens (tertiary/aromatic N) is 1. The molecule has 3 nitrogen and oxygen atoms in total. The highest BCUT2D eigenvalue weighted by molar-refractivity contribution is 6.33. The number of aliphatic hydroxyl groups excluding tert-OH is 2. The molecule has 2 aromatic carbocycles. The molecular weight excluding hydrogens is 297 g/mol. The number of benzene rings is 2. The summed E-state index contributed by atoms with van der Waals surface area (Å²) in [7, 11) is 0. The molecule has 1 unspecified atom stereocenters. The fourth-order valence-electron chi connectivity index (χ4n) is 2.51. The predicted octanol–water partition coefficient (Wildman–Crippen LogP) is 3.45. The molecule has 0 radical (unpaired) electrons. The topological polar surface area (TPSA) is 45.4 Å². The standard InChI is InChI=1S/C15H13Cl2NO2/c16-9-1-3-14-12(5-9)13-6-10(17)2-4-15(13)18(14)7-11(20)8-19/h1-6,11,19-20H,7-8H2. The second kappa shape index (κ2) is 5.26. The van der Waals surface area contributed by atoms with E-state index >= 15 is 0 Å². The molecule has 0 bridgehead atoms. The highest BCUT2D eigenvalue weighted by atomic mass is 35.5. The number of halogens is 2. The Morgan fingerprint density at radius 3 is 1.90 bits per heavy atom. The van der Waals surface area contributed by atoms with Crippen molar-refractivity contribution >= 4 is 45.0 Å². The number of rotatable bonds is 3. The van der Waals surface area contributed by atoms with Crippen LogP contribution in [0, 0.1) is 0 Å². The average molecular weight is 310 g/mol. The molecule has 1 heterocycles. The summed E-state index contributed by atoms with van der Waals surface area (Å²) in [6, 6.07) is 11.2. The van der Waals surface area contributed by atoms with Crippen molar-refractivity contribution in [3.8, 4) is 0 Å². The number of aromatic nitrogens is 1. The minimum atomic E-state index is -0.805. The van der Waals surface area contributed by atoms with E-state index in [9.17, 15) is 5.11 Å². The minimum Gasteiger partial charge on any atom is -0.394 e. The van der Waals surface area contributed by atoms with Crippen molar-refractivity contribution in [3.63, 3.8) is 0 Å². The summed E-state index contributed by atoms with van der Waals surface area (Å²) < 4.78 is 1.97. The van der Waals surface area contributed by atoms with Crippen molar-refractivity contribution in [1.82, 2.24) is 4.57 Å². The van der Waals surface area contributed by atoms with Gasteiger partial charge in [-0.05, 0) is 36.4 Å². The van der Waals surface area contributed by atoms with Crippen LogP contribution in [0.5, 0.6) is 0 Å². The fraction of sp³-hybridized carbons (Fsp3) is 0.200. The third-order valence-corrected chi connectivity index (χ3v) is 3.86. The lowest BCUT2D eigenvalue weighted by Crippen LogP contribution is -2.19. The van der Waals surface area contributed by atoms with Gasteiger partial charge in [0.2, 0.25) is 0 Å². The third-order valence-electron chi connectivity index (χ3n) is 3.39. The maximum atomic E-state index is 9.73. The number of hydrogen-bond donors (Lipinski definition) is 2. The summed E-state index contributed by atoms with van der Waals surface area (Å²) in [5, 5.41) is 22.1. The Balaban J connectivity index is 2.34. The van der Waals surface area contributed by atoms with Crippen LogP contribution in [0.3, 0.4) is 0 Å². The Hall–Kier alpha value is -1.26. The van der Waals surface area contributed by atoms with E-state index in [-0.39, 0.29) is 6.61 Å².